The van der Waals surface area contributed by atoms with Gasteiger partial charge in [0.1, 0.15) is 5.60 Å². The van der Waals surface area contributed by atoms with E-state index in [1.807, 2.05) is 0 Å². The second-order valence-corrected chi connectivity index (χ2v) is 14.7. The number of alkyl halides is 7. The van der Waals surface area contributed by atoms with Crippen LogP contribution in [0.3, 0.4) is 0 Å². The van der Waals surface area contributed by atoms with E-state index in [1.54, 1.807) is 52.0 Å². The van der Waals surface area contributed by atoms with Gasteiger partial charge in [-0.05, 0) is 83.1 Å². The third-order valence-corrected chi connectivity index (χ3v) is 10.5. The lowest BCUT2D eigenvalue weighted by Crippen LogP contribution is -2.50. The zero-order chi connectivity index (χ0) is 33.6. The highest BCUT2D eigenvalue weighted by atomic mass is 32.2. The van der Waals surface area contributed by atoms with Crippen molar-refractivity contribution in [3.63, 3.8) is 0 Å². The summed E-state index contributed by atoms with van der Waals surface area (Å²) in [6, 6.07) is 9.43. The first-order valence-corrected chi connectivity index (χ1v) is 15.8. The number of ether oxygens (including phenoxy) is 1. The van der Waals surface area contributed by atoms with Crippen LogP contribution in [-0.4, -0.2) is 52.0 Å². The molecule has 1 saturated carbocycles. The molecule has 0 N–H and O–H groups in total. The number of amides is 1. The van der Waals surface area contributed by atoms with E-state index in [1.165, 1.54) is 4.90 Å². The Kier molecular flexibility index (Phi) is 9.57. The molecular formula is C32H36F7NO4S. The van der Waals surface area contributed by atoms with Gasteiger partial charge in [0.05, 0.1) is 21.5 Å². The predicted octanol–water partition coefficient (Wildman–Crippen LogP) is 7.67. The summed E-state index contributed by atoms with van der Waals surface area (Å²) in [6.45, 7) is 7.12. The topological polar surface area (TPSA) is 63.7 Å². The van der Waals surface area contributed by atoms with Crippen molar-refractivity contribution in [2.75, 3.05) is 13.1 Å². The molecule has 0 bridgehead atoms. The highest BCUT2D eigenvalue weighted by Gasteiger charge is 2.73. The van der Waals surface area contributed by atoms with Gasteiger partial charge in [-0.3, -0.25) is 13.8 Å². The van der Waals surface area contributed by atoms with Crippen molar-refractivity contribution in [1.29, 1.82) is 0 Å². The Morgan fingerprint density at radius 3 is 1.93 bits per heavy atom. The number of benzene rings is 2. The maximum atomic E-state index is 14.8. The summed E-state index contributed by atoms with van der Waals surface area (Å²) < 4.78 is 113. The number of aryl methyl sites for hydroxylation is 1. The average molecular weight is 664 g/mol. The molecule has 248 valence electrons. The molecule has 1 amide bonds. The van der Waals surface area contributed by atoms with Crippen LogP contribution in [0.15, 0.2) is 53.4 Å². The maximum Gasteiger partial charge on any atom is 0.435 e. The number of rotatable bonds is 6. The zero-order valence-electron chi connectivity index (χ0n) is 25.4. The van der Waals surface area contributed by atoms with Crippen LogP contribution in [0.25, 0.3) is 0 Å². The molecule has 2 aromatic carbocycles. The van der Waals surface area contributed by atoms with Gasteiger partial charge in [0, 0.05) is 29.5 Å². The molecule has 0 aromatic heterocycles. The second kappa shape index (κ2) is 12.3. The molecule has 1 saturated heterocycles. The molecule has 5 nitrogen and oxygen atoms in total. The van der Waals surface area contributed by atoms with E-state index in [2.05, 4.69) is 0 Å². The number of nitrogens with zero attached hydrogens (tertiary/aromatic N) is 1. The first-order chi connectivity index (χ1) is 20.7. The number of esters is 1. The van der Waals surface area contributed by atoms with Crippen molar-refractivity contribution in [3.05, 3.63) is 65.2 Å². The summed E-state index contributed by atoms with van der Waals surface area (Å²) in [5.41, 5.74) is -6.98. The van der Waals surface area contributed by atoms with Crippen LogP contribution in [0.1, 0.15) is 69.6 Å². The Labute approximate surface area is 260 Å². The third kappa shape index (κ3) is 6.92. The van der Waals surface area contributed by atoms with Gasteiger partial charge in [0.25, 0.3) is 0 Å². The number of halogens is 7. The van der Waals surface area contributed by atoms with Gasteiger partial charge in [-0.25, -0.2) is 4.39 Å². The monoisotopic (exact) mass is 663 g/mol. The van der Waals surface area contributed by atoms with E-state index < -0.39 is 50.7 Å². The SMILES string of the molecule is Cc1cccc(S(=O)C2(c3ccc(C(F)(C(F)(F)F)C(F)(F)F)cc3)CCN(C(=O)C3CCC(C(=O)OC(C)(C)C)CC3)C2)c1. The lowest BCUT2D eigenvalue weighted by atomic mass is 9.81. The summed E-state index contributed by atoms with van der Waals surface area (Å²) in [5.74, 6) is -1.30. The first-order valence-electron chi connectivity index (χ1n) is 14.6. The van der Waals surface area contributed by atoms with Crippen molar-refractivity contribution in [3.8, 4) is 0 Å². The molecule has 1 aliphatic heterocycles. The van der Waals surface area contributed by atoms with E-state index >= 15 is 0 Å². The maximum absolute atomic E-state index is 14.8. The minimum absolute atomic E-state index is 0.102. The number of likely N-dealkylation sites (tertiary alicyclic amines) is 1. The summed E-state index contributed by atoms with van der Waals surface area (Å²) in [4.78, 5) is 28.1. The highest BCUT2D eigenvalue weighted by molar-refractivity contribution is 7.86. The summed E-state index contributed by atoms with van der Waals surface area (Å²) in [6.07, 6.45) is -10.7. The number of carbonyl (C=O) groups excluding carboxylic acids is 2. The van der Waals surface area contributed by atoms with Crippen LogP contribution in [0.5, 0.6) is 0 Å². The minimum Gasteiger partial charge on any atom is -0.460 e. The quantitative estimate of drug-likeness (QED) is 0.235. The molecule has 13 heteroatoms. The fourth-order valence-electron chi connectivity index (χ4n) is 6.13. The fraction of sp³-hybridized carbons (Fsp3) is 0.562. The smallest absolute Gasteiger partial charge is 0.435 e. The van der Waals surface area contributed by atoms with Gasteiger partial charge in [-0.15, -0.1) is 0 Å². The third-order valence-electron chi connectivity index (χ3n) is 8.51. The summed E-state index contributed by atoms with van der Waals surface area (Å²) >= 11 is 0. The summed E-state index contributed by atoms with van der Waals surface area (Å²) in [7, 11) is -1.90. The van der Waals surface area contributed by atoms with Gasteiger partial charge >= 0.3 is 24.0 Å². The largest absolute Gasteiger partial charge is 0.460 e. The molecule has 0 spiro atoms. The van der Waals surface area contributed by atoms with Crippen molar-refractivity contribution < 1.29 is 49.3 Å². The van der Waals surface area contributed by atoms with Crippen molar-refractivity contribution >= 4 is 22.7 Å². The van der Waals surface area contributed by atoms with Crippen LogP contribution < -0.4 is 0 Å². The molecule has 2 atom stereocenters. The first kappa shape index (κ1) is 34.9. The molecule has 2 fully saturated rings. The molecule has 4 rings (SSSR count). The zero-order valence-corrected chi connectivity index (χ0v) is 26.2. The van der Waals surface area contributed by atoms with Gasteiger partial charge in [0.15, 0.2) is 0 Å². The molecule has 1 aliphatic carbocycles. The van der Waals surface area contributed by atoms with Crippen molar-refractivity contribution in [1.82, 2.24) is 4.90 Å². The Hall–Kier alpha value is -2.96. The van der Waals surface area contributed by atoms with E-state index in [0.717, 1.165) is 17.7 Å². The van der Waals surface area contributed by atoms with Crippen molar-refractivity contribution in [2.24, 2.45) is 11.8 Å². The number of hydrogen-bond acceptors (Lipinski definition) is 4. The Morgan fingerprint density at radius 1 is 0.867 bits per heavy atom. The van der Waals surface area contributed by atoms with E-state index in [9.17, 15) is 44.5 Å². The molecule has 2 unspecified atom stereocenters. The lowest BCUT2D eigenvalue weighted by molar-refractivity contribution is -0.348. The van der Waals surface area contributed by atoms with Gasteiger partial charge in [-0.2, -0.15) is 26.3 Å². The van der Waals surface area contributed by atoms with E-state index in [4.69, 9.17) is 4.74 Å². The average Bonchev–Trinajstić information content (AvgIpc) is 3.41. The fourth-order valence-corrected chi connectivity index (χ4v) is 7.98. The van der Waals surface area contributed by atoms with Crippen LogP contribution in [-0.2, 0) is 35.5 Å². The van der Waals surface area contributed by atoms with Crippen molar-refractivity contribution in [2.45, 2.75) is 93.1 Å². The van der Waals surface area contributed by atoms with Crippen LogP contribution in [0.4, 0.5) is 30.7 Å². The Bertz CT molecular complexity index is 1410. The molecule has 45 heavy (non-hydrogen) atoms. The van der Waals surface area contributed by atoms with Gasteiger partial charge < -0.3 is 9.64 Å². The Morgan fingerprint density at radius 2 is 1.42 bits per heavy atom. The Balaban J connectivity index is 1.62. The highest BCUT2D eigenvalue weighted by Crippen LogP contribution is 2.53. The molecule has 2 aliphatic rings. The number of hydrogen-bond donors (Lipinski definition) is 0. The van der Waals surface area contributed by atoms with Gasteiger partial charge in [-0.1, -0.05) is 36.4 Å². The van der Waals surface area contributed by atoms with Gasteiger partial charge in [0.2, 0.25) is 5.91 Å². The molecule has 2 aromatic rings. The minimum atomic E-state index is -6.27. The molecule has 0 radical (unpaired) electrons. The summed E-state index contributed by atoms with van der Waals surface area (Å²) in [5, 5.41) is 0. The van der Waals surface area contributed by atoms with Crippen LogP contribution in [0, 0.1) is 18.8 Å². The molecule has 1 heterocycles. The van der Waals surface area contributed by atoms with E-state index in [-0.39, 0.29) is 42.9 Å². The second-order valence-electron chi connectivity index (χ2n) is 12.9. The normalized spacial score (nSPS) is 23.9. The lowest BCUT2D eigenvalue weighted by Gasteiger charge is -2.33. The van der Waals surface area contributed by atoms with E-state index in [0.29, 0.717) is 42.7 Å². The molecular weight excluding hydrogens is 627 g/mol. The standard InChI is InChI=1S/C32H36F7NO4S/c1-20-6-5-7-25(18-20)45(43)29(23-12-14-24(15-13-23)30(33,31(34,35)36)32(37,38)39)16-17-40(19-29)26(41)21-8-10-22(11-9-21)27(42)44-28(2,3)4/h5-7,12-15,18,21-22H,8-11,16-17,19H2,1-4H3. The number of carbonyl (C=O) groups is 2. The van der Waals surface area contributed by atoms with Crippen LogP contribution >= 0.6 is 0 Å². The predicted molar refractivity (Wildman–Crippen MR) is 153 cm³/mol. The van der Waals surface area contributed by atoms with Crippen LogP contribution in [0.2, 0.25) is 0 Å².